The fourth-order valence-corrected chi connectivity index (χ4v) is 1.92. The molecule has 0 aromatic heterocycles. The first kappa shape index (κ1) is 11.9. The van der Waals surface area contributed by atoms with Crippen molar-refractivity contribution in [3.8, 4) is 11.1 Å². The van der Waals surface area contributed by atoms with E-state index >= 15 is 0 Å². The lowest BCUT2D eigenvalue weighted by molar-refractivity contribution is 0.608. The van der Waals surface area contributed by atoms with Crippen molar-refractivity contribution in [2.24, 2.45) is 0 Å². The van der Waals surface area contributed by atoms with Gasteiger partial charge < -0.3 is 5.32 Å². The van der Waals surface area contributed by atoms with E-state index in [0.29, 0.717) is 6.04 Å². The van der Waals surface area contributed by atoms with Gasteiger partial charge in [0, 0.05) is 6.04 Å². The van der Waals surface area contributed by atoms with Crippen molar-refractivity contribution in [3.05, 3.63) is 60.2 Å². The van der Waals surface area contributed by atoms with Crippen LogP contribution in [0.15, 0.2) is 54.6 Å². The van der Waals surface area contributed by atoms with Gasteiger partial charge in [0.2, 0.25) is 0 Å². The second kappa shape index (κ2) is 5.65. The molecule has 1 N–H and O–H groups in total. The van der Waals surface area contributed by atoms with Gasteiger partial charge in [0.05, 0.1) is 0 Å². The van der Waals surface area contributed by atoms with Gasteiger partial charge in [-0.15, -0.1) is 0 Å². The highest BCUT2D eigenvalue weighted by Gasteiger charge is 2.01. The molecule has 0 bridgehead atoms. The summed E-state index contributed by atoms with van der Waals surface area (Å²) in [6.45, 7) is 2.20. The van der Waals surface area contributed by atoms with Gasteiger partial charge >= 0.3 is 0 Å². The largest absolute Gasteiger partial charge is 0.317 e. The van der Waals surface area contributed by atoms with Crippen LogP contribution < -0.4 is 5.32 Å². The molecule has 0 spiro atoms. The third-order valence-corrected chi connectivity index (χ3v) is 3.10. The molecule has 1 nitrogen and oxygen atoms in total. The van der Waals surface area contributed by atoms with Crippen LogP contribution in [-0.4, -0.2) is 13.1 Å². The van der Waals surface area contributed by atoms with Gasteiger partial charge in [0.1, 0.15) is 0 Å². The first-order valence-electron chi connectivity index (χ1n) is 6.11. The van der Waals surface area contributed by atoms with E-state index in [4.69, 9.17) is 0 Å². The lowest BCUT2D eigenvalue weighted by atomic mass is 10.0. The fourth-order valence-electron chi connectivity index (χ4n) is 1.92. The van der Waals surface area contributed by atoms with E-state index in [1.54, 1.807) is 0 Å². The van der Waals surface area contributed by atoms with E-state index in [0.717, 1.165) is 6.42 Å². The van der Waals surface area contributed by atoms with Crippen LogP contribution in [0.3, 0.4) is 0 Å². The molecule has 1 heteroatoms. The highest BCUT2D eigenvalue weighted by atomic mass is 14.8. The van der Waals surface area contributed by atoms with Crippen LogP contribution in [0, 0.1) is 0 Å². The quantitative estimate of drug-likeness (QED) is 0.839. The van der Waals surface area contributed by atoms with E-state index in [9.17, 15) is 0 Å². The van der Waals surface area contributed by atoms with Crippen LogP contribution in [0.25, 0.3) is 11.1 Å². The number of nitrogens with one attached hydrogen (secondary N) is 1. The molecule has 2 aromatic rings. The zero-order valence-corrected chi connectivity index (χ0v) is 10.5. The number of likely N-dealkylation sites (N-methyl/N-ethyl adjacent to an activating group) is 1. The predicted molar refractivity (Wildman–Crippen MR) is 74.1 cm³/mol. The molecular formula is C16H19N. The van der Waals surface area contributed by atoms with Crippen molar-refractivity contribution in [3.63, 3.8) is 0 Å². The summed E-state index contributed by atoms with van der Waals surface area (Å²) >= 11 is 0. The second-order valence-corrected chi connectivity index (χ2v) is 4.46. The van der Waals surface area contributed by atoms with Crippen LogP contribution in [0.1, 0.15) is 12.5 Å². The zero-order chi connectivity index (χ0) is 12.1. The smallest absolute Gasteiger partial charge is 0.00761 e. The highest BCUT2D eigenvalue weighted by molar-refractivity contribution is 5.63. The maximum Gasteiger partial charge on any atom is 0.00761 e. The molecule has 1 atom stereocenters. The zero-order valence-electron chi connectivity index (χ0n) is 10.5. The Hall–Kier alpha value is -1.60. The Labute approximate surface area is 103 Å². The van der Waals surface area contributed by atoms with Crippen LogP contribution in [0.5, 0.6) is 0 Å². The van der Waals surface area contributed by atoms with Gasteiger partial charge in [-0.1, -0.05) is 54.6 Å². The molecular weight excluding hydrogens is 206 g/mol. The molecule has 0 saturated heterocycles. The van der Waals surface area contributed by atoms with Crippen LogP contribution in [-0.2, 0) is 6.42 Å². The lowest BCUT2D eigenvalue weighted by Gasteiger charge is -2.10. The Balaban J connectivity index is 2.13. The molecule has 0 saturated carbocycles. The molecule has 0 amide bonds. The molecule has 0 aliphatic heterocycles. The van der Waals surface area contributed by atoms with Gasteiger partial charge in [0.25, 0.3) is 0 Å². The van der Waals surface area contributed by atoms with E-state index in [-0.39, 0.29) is 0 Å². The molecule has 2 aromatic carbocycles. The number of hydrogen-bond acceptors (Lipinski definition) is 1. The second-order valence-electron chi connectivity index (χ2n) is 4.46. The number of benzene rings is 2. The van der Waals surface area contributed by atoms with E-state index in [1.807, 2.05) is 13.1 Å². The van der Waals surface area contributed by atoms with Crippen LogP contribution >= 0.6 is 0 Å². The Kier molecular flexibility index (Phi) is 3.94. The minimum atomic E-state index is 0.526. The monoisotopic (exact) mass is 225 g/mol. The van der Waals surface area contributed by atoms with Crippen LogP contribution in [0.4, 0.5) is 0 Å². The summed E-state index contributed by atoms with van der Waals surface area (Å²) in [4.78, 5) is 0. The Morgan fingerprint density at radius 1 is 0.882 bits per heavy atom. The van der Waals surface area contributed by atoms with Crippen molar-refractivity contribution in [2.45, 2.75) is 19.4 Å². The fraction of sp³-hybridized carbons (Fsp3) is 0.250. The SMILES string of the molecule is CNC(C)Cc1ccc(-c2ccccc2)cc1. The third kappa shape index (κ3) is 3.18. The molecule has 0 heterocycles. The maximum absolute atomic E-state index is 3.26. The molecule has 0 aliphatic rings. The van der Waals surface area contributed by atoms with Gasteiger partial charge in [0.15, 0.2) is 0 Å². The molecule has 0 aliphatic carbocycles. The molecule has 17 heavy (non-hydrogen) atoms. The number of hydrogen-bond donors (Lipinski definition) is 1. The van der Waals surface area contributed by atoms with Gasteiger partial charge in [-0.3, -0.25) is 0 Å². The average molecular weight is 225 g/mol. The van der Waals surface area contributed by atoms with Crippen molar-refractivity contribution < 1.29 is 0 Å². The van der Waals surface area contributed by atoms with Gasteiger partial charge in [-0.2, -0.15) is 0 Å². The Morgan fingerprint density at radius 2 is 1.47 bits per heavy atom. The summed E-state index contributed by atoms with van der Waals surface area (Å²) in [5, 5.41) is 3.26. The van der Waals surface area contributed by atoms with Gasteiger partial charge in [-0.05, 0) is 37.1 Å². The maximum atomic E-state index is 3.26. The topological polar surface area (TPSA) is 12.0 Å². The summed E-state index contributed by atoms with van der Waals surface area (Å²) in [6, 6.07) is 19.9. The number of rotatable bonds is 4. The van der Waals surface area contributed by atoms with Crippen molar-refractivity contribution in [1.82, 2.24) is 5.32 Å². The minimum absolute atomic E-state index is 0.526. The Bertz CT molecular complexity index is 445. The van der Waals surface area contributed by atoms with E-state index in [1.165, 1.54) is 16.7 Å². The summed E-state index contributed by atoms with van der Waals surface area (Å²) in [5.41, 5.74) is 3.94. The normalized spacial score (nSPS) is 12.4. The van der Waals surface area contributed by atoms with Crippen molar-refractivity contribution in [2.75, 3.05) is 7.05 Å². The molecule has 0 fully saturated rings. The Morgan fingerprint density at radius 3 is 2.06 bits per heavy atom. The third-order valence-electron chi connectivity index (χ3n) is 3.10. The molecule has 0 radical (unpaired) electrons. The standard InChI is InChI=1S/C16H19N/c1-13(17-2)12-14-8-10-16(11-9-14)15-6-4-3-5-7-15/h3-11,13,17H,12H2,1-2H3. The van der Waals surface area contributed by atoms with Gasteiger partial charge in [-0.25, -0.2) is 0 Å². The first-order valence-corrected chi connectivity index (χ1v) is 6.11. The van der Waals surface area contributed by atoms with E-state index < -0.39 is 0 Å². The van der Waals surface area contributed by atoms with E-state index in [2.05, 4.69) is 60.8 Å². The molecule has 1 unspecified atom stereocenters. The summed E-state index contributed by atoms with van der Waals surface area (Å²) in [6.07, 6.45) is 1.07. The summed E-state index contributed by atoms with van der Waals surface area (Å²) < 4.78 is 0. The van der Waals surface area contributed by atoms with Crippen molar-refractivity contribution in [1.29, 1.82) is 0 Å². The summed E-state index contributed by atoms with van der Waals surface area (Å²) in [7, 11) is 2.00. The van der Waals surface area contributed by atoms with Crippen molar-refractivity contribution >= 4 is 0 Å². The summed E-state index contributed by atoms with van der Waals surface area (Å²) in [5.74, 6) is 0. The molecule has 88 valence electrons. The molecule has 2 rings (SSSR count). The predicted octanol–water partition coefficient (Wildman–Crippen LogP) is 3.50. The van der Waals surface area contributed by atoms with Crippen LogP contribution in [0.2, 0.25) is 0 Å². The average Bonchev–Trinajstić information content (AvgIpc) is 2.40. The minimum Gasteiger partial charge on any atom is -0.317 e. The lowest BCUT2D eigenvalue weighted by Crippen LogP contribution is -2.23. The first-order chi connectivity index (χ1) is 8.29. The highest BCUT2D eigenvalue weighted by Crippen LogP contribution is 2.19.